The Balaban J connectivity index is 1.42. The van der Waals surface area contributed by atoms with Crippen LogP contribution < -0.4 is 21.4 Å². The summed E-state index contributed by atoms with van der Waals surface area (Å²) >= 11 is 0. The van der Waals surface area contributed by atoms with Crippen molar-refractivity contribution in [2.24, 2.45) is 5.73 Å². The SMILES string of the molecule is CN(C(=O)c1ccccc1)c1ccc2c(c1)nc(NC(=O)C1=CC(c3ccccc3)NO1)n2CCC(N)=O. The van der Waals surface area contributed by atoms with Gasteiger partial charge in [-0.15, -0.1) is 5.48 Å². The number of fused-ring (bicyclic) bond motifs is 1. The lowest BCUT2D eigenvalue weighted by Crippen LogP contribution is -2.26. The van der Waals surface area contributed by atoms with Crippen molar-refractivity contribution in [1.29, 1.82) is 0 Å². The van der Waals surface area contributed by atoms with Crippen LogP contribution in [0.5, 0.6) is 0 Å². The van der Waals surface area contributed by atoms with Crippen molar-refractivity contribution in [3.8, 4) is 0 Å². The maximum Gasteiger partial charge on any atom is 0.295 e. The first-order chi connectivity index (χ1) is 18.4. The minimum atomic E-state index is -0.497. The van der Waals surface area contributed by atoms with Gasteiger partial charge in [0.1, 0.15) is 0 Å². The van der Waals surface area contributed by atoms with E-state index in [4.69, 9.17) is 10.6 Å². The molecule has 10 nitrogen and oxygen atoms in total. The molecule has 1 aromatic heterocycles. The third-order valence-electron chi connectivity index (χ3n) is 6.25. The Bertz CT molecular complexity index is 1530. The smallest absolute Gasteiger partial charge is 0.295 e. The molecule has 3 amide bonds. The lowest BCUT2D eigenvalue weighted by Gasteiger charge is -2.17. The lowest BCUT2D eigenvalue weighted by molar-refractivity contribution is -0.118. The summed E-state index contributed by atoms with van der Waals surface area (Å²) in [6.07, 6.45) is 1.74. The summed E-state index contributed by atoms with van der Waals surface area (Å²) in [5, 5.41) is 2.78. The average molecular weight is 511 g/mol. The van der Waals surface area contributed by atoms with Gasteiger partial charge in [0.25, 0.3) is 11.8 Å². The predicted octanol–water partition coefficient (Wildman–Crippen LogP) is 3.29. The molecule has 38 heavy (non-hydrogen) atoms. The highest BCUT2D eigenvalue weighted by Crippen LogP contribution is 2.27. The zero-order chi connectivity index (χ0) is 26.6. The van der Waals surface area contributed by atoms with Crippen molar-refractivity contribution in [3.05, 3.63) is 102 Å². The highest BCUT2D eigenvalue weighted by atomic mass is 16.7. The molecule has 1 aliphatic heterocycles. The summed E-state index contributed by atoms with van der Waals surface area (Å²) in [6.45, 7) is 0.213. The zero-order valence-electron chi connectivity index (χ0n) is 20.6. The molecule has 0 spiro atoms. The molecule has 10 heteroatoms. The molecule has 4 aromatic rings. The second-order valence-corrected chi connectivity index (χ2v) is 8.80. The third kappa shape index (κ3) is 5.11. The molecule has 4 N–H and O–H groups in total. The van der Waals surface area contributed by atoms with Crippen LogP contribution in [0.2, 0.25) is 0 Å². The maximum absolute atomic E-state index is 13.0. The van der Waals surface area contributed by atoms with E-state index in [1.807, 2.05) is 36.4 Å². The van der Waals surface area contributed by atoms with Gasteiger partial charge in [-0.2, -0.15) is 0 Å². The second kappa shape index (κ2) is 10.6. The number of benzene rings is 3. The summed E-state index contributed by atoms with van der Waals surface area (Å²) in [7, 11) is 1.68. The monoisotopic (exact) mass is 510 g/mol. The Hall–Kier alpha value is -4.96. The van der Waals surface area contributed by atoms with Crippen molar-refractivity contribution in [1.82, 2.24) is 15.0 Å². The molecule has 0 radical (unpaired) electrons. The van der Waals surface area contributed by atoms with E-state index in [1.165, 1.54) is 4.90 Å². The number of primary amides is 1. The first-order valence-electron chi connectivity index (χ1n) is 12.0. The van der Waals surface area contributed by atoms with Crippen molar-refractivity contribution < 1.29 is 19.2 Å². The number of carbonyl (C=O) groups is 3. The Morgan fingerprint density at radius 1 is 1.05 bits per heavy atom. The standard InChI is InChI=1S/C28H26N6O4/c1-33(27(37)19-10-6-3-7-11-19)20-12-13-23-22(16-20)30-28(34(23)15-14-25(29)35)31-26(36)24-17-21(32-38-24)18-8-4-2-5-9-18/h2-13,16-17,21,32H,14-15H2,1H3,(H2,29,35)(H,30,31,36). The molecule has 192 valence electrons. The summed E-state index contributed by atoms with van der Waals surface area (Å²) in [5.74, 6) is -0.819. The largest absolute Gasteiger partial charge is 0.402 e. The fourth-order valence-corrected chi connectivity index (χ4v) is 4.22. The van der Waals surface area contributed by atoms with E-state index in [0.29, 0.717) is 22.3 Å². The van der Waals surface area contributed by atoms with Gasteiger partial charge < -0.3 is 20.0 Å². The van der Waals surface area contributed by atoms with Crippen molar-refractivity contribution in [2.75, 3.05) is 17.3 Å². The van der Waals surface area contributed by atoms with Crippen LogP contribution in [0, 0.1) is 0 Å². The van der Waals surface area contributed by atoms with E-state index >= 15 is 0 Å². The second-order valence-electron chi connectivity index (χ2n) is 8.80. The minimum absolute atomic E-state index is 0.0549. The van der Waals surface area contributed by atoms with Crippen LogP contribution in [-0.2, 0) is 21.0 Å². The molecule has 0 aliphatic carbocycles. The van der Waals surface area contributed by atoms with Crippen LogP contribution in [0.4, 0.5) is 11.6 Å². The fraction of sp³-hybridized carbons (Fsp3) is 0.143. The predicted molar refractivity (Wildman–Crippen MR) is 143 cm³/mol. The number of imidazole rings is 1. The molecule has 1 aliphatic rings. The molecule has 1 unspecified atom stereocenters. The van der Waals surface area contributed by atoms with E-state index in [0.717, 1.165) is 5.56 Å². The van der Waals surface area contributed by atoms with Gasteiger partial charge in [0.2, 0.25) is 17.6 Å². The van der Waals surface area contributed by atoms with Gasteiger partial charge in [0.05, 0.1) is 17.1 Å². The van der Waals surface area contributed by atoms with E-state index in [1.54, 1.807) is 60.2 Å². The number of rotatable bonds is 8. The van der Waals surface area contributed by atoms with Crippen molar-refractivity contribution in [2.45, 2.75) is 19.0 Å². The van der Waals surface area contributed by atoms with Gasteiger partial charge in [0, 0.05) is 31.3 Å². The quantitative estimate of drug-likeness (QED) is 0.333. The Labute approximate surface area is 218 Å². The van der Waals surface area contributed by atoms with Crippen molar-refractivity contribution >= 4 is 40.4 Å². The van der Waals surface area contributed by atoms with E-state index in [2.05, 4.69) is 15.8 Å². The number of nitrogens with one attached hydrogen (secondary N) is 2. The summed E-state index contributed by atoms with van der Waals surface area (Å²) in [4.78, 5) is 49.0. The molecular weight excluding hydrogens is 484 g/mol. The highest BCUT2D eigenvalue weighted by Gasteiger charge is 2.25. The summed E-state index contributed by atoms with van der Waals surface area (Å²) < 4.78 is 1.71. The van der Waals surface area contributed by atoms with Gasteiger partial charge in [0.15, 0.2) is 0 Å². The number of anilines is 2. The van der Waals surface area contributed by atoms with Gasteiger partial charge in [-0.1, -0.05) is 48.5 Å². The van der Waals surface area contributed by atoms with Crippen LogP contribution in [0.25, 0.3) is 11.0 Å². The number of nitrogens with zero attached hydrogens (tertiary/aromatic N) is 3. The van der Waals surface area contributed by atoms with E-state index in [-0.39, 0.29) is 36.6 Å². The van der Waals surface area contributed by atoms with Gasteiger partial charge in [-0.3, -0.25) is 19.7 Å². The number of aromatic nitrogens is 2. The maximum atomic E-state index is 13.0. The van der Waals surface area contributed by atoms with Crippen LogP contribution in [0.1, 0.15) is 28.4 Å². The molecule has 3 aromatic carbocycles. The Morgan fingerprint density at radius 3 is 2.47 bits per heavy atom. The Kier molecular flexibility index (Phi) is 6.88. The number of hydrogen-bond acceptors (Lipinski definition) is 6. The Morgan fingerprint density at radius 2 is 1.76 bits per heavy atom. The average Bonchev–Trinajstić information content (AvgIpc) is 3.57. The van der Waals surface area contributed by atoms with Crippen molar-refractivity contribution in [3.63, 3.8) is 0 Å². The number of hydrogen-bond donors (Lipinski definition) is 3. The molecule has 0 fully saturated rings. The molecule has 0 bridgehead atoms. The number of nitrogens with two attached hydrogens (primary N) is 1. The number of amides is 3. The first-order valence-corrected chi connectivity index (χ1v) is 12.0. The van der Waals surface area contributed by atoms with E-state index < -0.39 is 11.8 Å². The normalized spacial score (nSPS) is 14.6. The fourth-order valence-electron chi connectivity index (χ4n) is 4.22. The number of aryl methyl sites for hydroxylation is 1. The molecule has 0 saturated heterocycles. The summed E-state index contributed by atoms with van der Waals surface area (Å²) in [5.41, 5.74) is 11.6. The van der Waals surface area contributed by atoms with Gasteiger partial charge in [-0.25, -0.2) is 4.98 Å². The third-order valence-corrected chi connectivity index (χ3v) is 6.25. The van der Waals surface area contributed by atoms with Gasteiger partial charge >= 0.3 is 0 Å². The zero-order valence-corrected chi connectivity index (χ0v) is 20.6. The minimum Gasteiger partial charge on any atom is -0.402 e. The number of carbonyl (C=O) groups excluding carboxylic acids is 3. The molecule has 0 saturated carbocycles. The summed E-state index contributed by atoms with van der Waals surface area (Å²) in [6, 6.07) is 23.6. The van der Waals surface area contributed by atoms with Gasteiger partial charge in [-0.05, 0) is 42.0 Å². The molecular formula is C28H26N6O4. The number of hydroxylamine groups is 1. The van der Waals surface area contributed by atoms with Crippen LogP contribution >= 0.6 is 0 Å². The van der Waals surface area contributed by atoms with E-state index in [9.17, 15) is 14.4 Å². The van der Waals surface area contributed by atoms with Crippen LogP contribution in [0.3, 0.4) is 0 Å². The highest BCUT2D eigenvalue weighted by molar-refractivity contribution is 6.06. The van der Waals surface area contributed by atoms with Crippen LogP contribution in [0.15, 0.2) is 90.7 Å². The molecule has 1 atom stereocenters. The first kappa shape index (κ1) is 24.7. The lowest BCUT2D eigenvalue weighted by atomic mass is 10.1. The molecule has 5 rings (SSSR count). The van der Waals surface area contributed by atoms with Crippen LogP contribution in [-0.4, -0.2) is 34.3 Å². The molecule has 2 heterocycles. The topological polar surface area (TPSA) is 132 Å².